The van der Waals surface area contributed by atoms with E-state index in [-0.39, 0.29) is 0 Å². The molecule has 0 atom stereocenters. The molecule has 2 aromatic rings. The van der Waals surface area contributed by atoms with Crippen molar-refractivity contribution in [2.24, 2.45) is 0 Å². The third kappa shape index (κ3) is 19.2. The van der Waals surface area contributed by atoms with Crippen molar-refractivity contribution in [3.05, 3.63) is 58.9 Å². The molecule has 0 amide bonds. The van der Waals surface area contributed by atoms with Crippen LogP contribution in [0.4, 0.5) is 0 Å². The van der Waals surface area contributed by atoms with Crippen LogP contribution in [0, 0.1) is 0 Å². The van der Waals surface area contributed by atoms with E-state index in [2.05, 4.69) is 178 Å². The van der Waals surface area contributed by atoms with Crippen LogP contribution < -0.4 is 4.74 Å². The van der Waals surface area contributed by atoms with Crippen LogP contribution in [0.5, 0.6) is 5.75 Å². The summed E-state index contributed by atoms with van der Waals surface area (Å²) >= 11 is 7.46. The quantitative estimate of drug-likeness (QED) is 0.149. The summed E-state index contributed by atoms with van der Waals surface area (Å²) in [6.07, 6.45) is 17.1. The van der Waals surface area contributed by atoms with Gasteiger partial charge >= 0.3 is 64.3 Å². The van der Waals surface area contributed by atoms with Gasteiger partial charge in [0.05, 0.1) is 32.0 Å². The van der Waals surface area contributed by atoms with E-state index < -0.39 is 22.1 Å². The first-order valence-electron chi connectivity index (χ1n) is 19.3. The number of aromatic nitrogens is 1. The van der Waals surface area contributed by atoms with Gasteiger partial charge in [0, 0.05) is 28.0 Å². The van der Waals surface area contributed by atoms with E-state index in [1.165, 1.54) is 93.1 Å². The van der Waals surface area contributed by atoms with Crippen molar-refractivity contribution in [1.82, 2.24) is 4.98 Å². The van der Waals surface area contributed by atoms with Crippen LogP contribution in [-0.2, 0) is 25.2 Å². The minimum absolute atomic E-state index is 0.294. The second-order valence-electron chi connectivity index (χ2n) is 18.8. The SMILES string of the molecule is CC(C)(C)[PH+](Cc1cc(OCc2ccc(C3CCCCCCCCCCC3)cc2)cc(C[PH+](C(C)(C)C)C(C)(C)C)n1)C(C)(C)C.[I][Mo]([I])[I]. The molecule has 0 spiro atoms. The summed E-state index contributed by atoms with van der Waals surface area (Å²) in [7, 11) is -1.50. The van der Waals surface area contributed by atoms with Crippen LogP contribution in [0.1, 0.15) is 182 Å². The van der Waals surface area contributed by atoms with Gasteiger partial charge in [0.15, 0.2) is 0 Å². The number of hydrogen-bond acceptors (Lipinski definition) is 2. The number of benzene rings is 1. The molecule has 2 nitrogen and oxygen atoms in total. The van der Waals surface area contributed by atoms with Gasteiger partial charge in [0.25, 0.3) is 0 Å². The first-order valence-corrected chi connectivity index (χ1v) is 40.6. The molecule has 1 aliphatic carbocycles. The molecule has 1 aromatic carbocycles. The van der Waals surface area contributed by atoms with Crippen LogP contribution in [0.15, 0.2) is 36.4 Å². The van der Waals surface area contributed by atoms with Crippen LogP contribution in [0.3, 0.4) is 0 Å². The molecule has 0 radical (unpaired) electrons. The number of halogens is 3. The van der Waals surface area contributed by atoms with Crippen LogP contribution in [-0.4, -0.2) is 25.6 Å². The molecule has 1 aromatic heterocycles. The van der Waals surface area contributed by atoms with Gasteiger partial charge < -0.3 is 4.74 Å². The third-order valence-electron chi connectivity index (χ3n) is 10.2. The van der Waals surface area contributed by atoms with E-state index >= 15 is 0 Å². The molecule has 0 N–H and O–H groups in total. The topological polar surface area (TPSA) is 22.1 Å². The van der Waals surface area contributed by atoms with E-state index in [1.807, 2.05) is 0 Å². The Hall–Kier alpha value is 1.91. The van der Waals surface area contributed by atoms with Gasteiger partial charge in [-0.15, -0.1) is 0 Å². The molecule has 0 bridgehead atoms. The molecule has 1 saturated carbocycles. The Kier molecular flexibility index (Phi) is 21.7. The normalized spacial score (nSPS) is 16.5. The summed E-state index contributed by atoms with van der Waals surface area (Å²) in [5.41, 5.74) is 5.26. The van der Waals surface area contributed by atoms with E-state index in [0.717, 1.165) is 18.1 Å². The number of hydrogen-bond donors (Lipinski definition) is 0. The zero-order valence-corrected chi connectivity index (χ0v) is 44.3. The number of nitrogens with zero attached hydrogens (tertiary/aromatic N) is 1. The fraction of sp³-hybridized carbons (Fsp3) is 0.738. The average Bonchev–Trinajstić information content (AvgIpc) is 2.96. The van der Waals surface area contributed by atoms with Gasteiger partial charge in [-0.3, -0.25) is 0 Å². The Morgan fingerprint density at radius 1 is 0.600 bits per heavy atom. The number of ether oxygens (including phenoxy) is 1. The molecule has 287 valence electrons. The zero-order valence-electron chi connectivity index (χ0n) is 33.8. The minimum atomic E-state index is -0.749. The Morgan fingerprint density at radius 2 is 0.940 bits per heavy atom. The van der Waals surface area contributed by atoms with Crippen molar-refractivity contribution in [3.8, 4) is 5.75 Å². The first kappa shape index (κ1) is 48.1. The third-order valence-corrected chi connectivity index (χ3v) is 18.9. The van der Waals surface area contributed by atoms with Gasteiger partial charge in [0.1, 0.15) is 24.7 Å². The summed E-state index contributed by atoms with van der Waals surface area (Å²) in [4.78, 5) is 5.39. The van der Waals surface area contributed by atoms with Crippen molar-refractivity contribution < 1.29 is 11.0 Å². The predicted octanol–water partition coefficient (Wildman–Crippen LogP) is 16.3. The molecule has 50 heavy (non-hydrogen) atoms. The summed E-state index contributed by atoms with van der Waals surface area (Å²) in [6.45, 7) is 29.8. The van der Waals surface area contributed by atoms with Crippen LogP contribution in [0.2, 0.25) is 0 Å². The van der Waals surface area contributed by atoms with Gasteiger partial charge in [-0.2, -0.15) is 0 Å². The fourth-order valence-electron chi connectivity index (χ4n) is 8.11. The molecule has 1 heterocycles. The van der Waals surface area contributed by atoms with E-state index in [1.54, 1.807) is 0 Å². The monoisotopic (exact) mass is 1150 g/mol. The van der Waals surface area contributed by atoms with Gasteiger partial charge in [-0.1, -0.05) is 82.1 Å². The Morgan fingerprint density at radius 3 is 1.28 bits per heavy atom. The van der Waals surface area contributed by atoms with E-state index in [0.29, 0.717) is 33.1 Å². The predicted molar refractivity (Wildman–Crippen MR) is 254 cm³/mol. The molecule has 0 aliphatic heterocycles. The van der Waals surface area contributed by atoms with Crippen molar-refractivity contribution in [1.29, 1.82) is 0 Å². The Labute approximate surface area is 349 Å². The summed E-state index contributed by atoms with van der Waals surface area (Å²) in [5.74, 6) is 1.71. The van der Waals surface area contributed by atoms with E-state index in [9.17, 15) is 0 Å². The first-order chi connectivity index (χ1) is 23.1. The summed E-state index contributed by atoms with van der Waals surface area (Å²) < 4.78 is 6.64. The van der Waals surface area contributed by atoms with Crippen molar-refractivity contribution in [2.45, 2.75) is 199 Å². The van der Waals surface area contributed by atoms with Crippen molar-refractivity contribution >= 4 is 73.9 Å². The van der Waals surface area contributed by atoms with Gasteiger partial charge in [0.2, 0.25) is 0 Å². The fourth-order valence-corrected chi connectivity index (χ4v) is 15.8. The molecule has 0 saturated heterocycles. The second kappa shape index (κ2) is 22.6. The molecular weight excluding hydrogens is 1070 g/mol. The summed E-state index contributed by atoms with van der Waals surface area (Å²) in [5, 5.41) is 1.18. The van der Waals surface area contributed by atoms with Gasteiger partial charge in [-0.05, 0) is 113 Å². The Bertz CT molecular complexity index is 1150. The Balaban J connectivity index is 0.00000205. The van der Waals surface area contributed by atoms with Crippen molar-refractivity contribution in [2.75, 3.05) is 0 Å². The number of pyridine rings is 1. The second-order valence-corrected chi connectivity index (χ2v) is 73.8. The molecule has 3 rings (SSSR count). The number of rotatable bonds is 8. The molecule has 8 heteroatoms. The zero-order chi connectivity index (χ0) is 37.8. The molecule has 1 fully saturated rings. The van der Waals surface area contributed by atoms with Crippen LogP contribution >= 0.6 is 73.9 Å². The standard InChI is InChI=1S/C42H71NOP2.3HI.Mo/c1-39(2,3)45(40(4,5)6)31-36-28-38(29-37(43-36)32-46(41(7,8)9)42(10,11)12)44-30-33-24-26-35(27-25-33)34-22-20-18-16-14-13-15-17-19-21-23-34;;;;/h24-29,34H,13-23,30-32H2,1-12H3;3*1H;/q;;;;+3/p-1. The maximum absolute atomic E-state index is 6.64. The molecule has 1 aliphatic rings. The van der Waals surface area contributed by atoms with Crippen LogP contribution in [0.25, 0.3) is 0 Å². The molecular formula is C42H73I3MoNOP2+2. The van der Waals surface area contributed by atoms with Gasteiger partial charge in [-0.25, -0.2) is 4.98 Å². The molecule has 0 unspecified atom stereocenters. The average molecular weight is 1150 g/mol. The summed E-state index contributed by atoms with van der Waals surface area (Å²) in [6, 6.07) is 14.0. The maximum atomic E-state index is 6.64. The van der Waals surface area contributed by atoms with E-state index in [4.69, 9.17) is 9.72 Å². The van der Waals surface area contributed by atoms with Crippen molar-refractivity contribution in [3.63, 3.8) is 0 Å².